The highest BCUT2D eigenvalue weighted by Gasteiger charge is 2.34. The van der Waals surface area contributed by atoms with Crippen molar-refractivity contribution in [1.29, 1.82) is 0 Å². The molecule has 1 saturated heterocycles. The molecule has 0 aliphatic carbocycles. The second kappa shape index (κ2) is 6.72. The van der Waals surface area contributed by atoms with Crippen LogP contribution in [0.25, 0.3) is 0 Å². The molecule has 0 amide bonds. The largest absolute Gasteiger partial charge is 0.573 e. The van der Waals surface area contributed by atoms with Crippen molar-refractivity contribution in [3.8, 4) is 5.75 Å². The van der Waals surface area contributed by atoms with E-state index in [1.807, 2.05) is 11.8 Å². The fourth-order valence-corrected chi connectivity index (χ4v) is 4.01. The molecule has 1 fully saturated rings. The van der Waals surface area contributed by atoms with Crippen molar-refractivity contribution in [1.82, 2.24) is 5.32 Å². The van der Waals surface area contributed by atoms with Crippen LogP contribution in [0.5, 0.6) is 5.75 Å². The lowest BCUT2D eigenvalue weighted by Crippen LogP contribution is -2.30. The lowest BCUT2D eigenvalue weighted by Gasteiger charge is -2.31. The predicted molar refractivity (Wildman–Crippen MR) is 75.0 cm³/mol. The zero-order valence-electron chi connectivity index (χ0n) is 11.2. The van der Waals surface area contributed by atoms with Crippen LogP contribution in [-0.2, 0) is 0 Å². The molecular formula is C14H18F3NOS. The topological polar surface area (TPSA) is 21.3 Å². The Morgan fingerprint density at radius 3 is 2.65 bits per heavy atom. The molecular weight excluding hydrogens is 287 g/mol. The van der Waals surface area contributed by atoms with Crippen LogP contribution in [0.4, 0.5) is 13.2 Å². The van der Waals surface area contributed by atoms with Crippen molar-refractivity contribution in [2.75, 3.05) is 12.8 Å². The molecule has 1 N–H and O–H groups in total. The Hall–Kier alpha value is -0.880. The Morgan fingerprint density at radius 2 is 2.05 bits per heavy atom. The summed E-state index contributed by atoms with van der Waals surface area (Å²) in [5.74, 6) is 0.955. The van der Waals surface area contributed by atoms with E-state index in [2.05, 4.69) is 10.1 Å². The molecule has 6 heteroatoms. The maximum absolute atomic E-state index is 12.5. The molecule has 1 aliphatic heterocycles. The van der Waals surface area contributed by atoms with E-state index in [4.69, 9.17) is 0 Å². The molecule has 0 saturated carbocycles. The number of benzene rings is 1. The number of rotatable bonds is 4. The van der Waals surface area contributed by atoms with Gasteiger partial charge in [-0.05, 0) is 31.7 Å². The molecule has 2 unspecified atom stereocenters. The third-order valence-electron chi connectivity index (χ3n) is 3.38. The molecule has 0 radical (unpaired) electrons. The van der Waals surface area contributed by atoms with E-state index in [9.17, 15) is 13.2 Å². The first-order valence-electron chi connectivity index (χ1n) is 6.65. The third kappa shape index (κ3) is 4.06. The monoisotopic (exact) mass is 305 g/mol. The molecule has 1 aromatic carbocycles. The van der Waals surface area contributed by atoms with E-state index in [1.54, 1.807) is 25.2 Å². The average molecular weight is 305 g/mol. The maximum Gasteiger partial charge on any atom is 0.573 e. The van der Waals surface area contributed by atoms with Crippen LogP contribution >= 0.6 is 11.8 Å². The second-order valence-corrected chi connectivity index (χ2v) is 6.10. The van der Waals surface area contributed by atoms with E-state index < -0.39 is 6.36 Å². The van der Waals surface area contributed by atoms with E-state index in [1.165, 1.54) is 12.5 Å². The number of hydrogen-bond donors (Lipinski definition) is 1. The molecule has 0 aromatic heterocycles. The SMILES string of the molecule is CNC(c1ccccc1OC(F)(F)F)C1CCCCS1. The van der Waals surface area contributed by atoms with Gasteiger partial charge in [0.25, 0.3) is 0 Å². The quantitative estimate of drug-likeness (QED) is 0.903. The minimum absolute atomic E-state index is 0.106. The Bertz CT molecular complexity index is 433. The highest BCUT2D eigenvalue weighted by molar-refractivity contribution is 8.00. The van der Waals surface area contributed by atoms with Gasteiger partial charge in [-0.2, -0.15) is 11.8 Å². The van der Waals surface area contributed by atoms with Gasteiger partial charge in [0, 0.05) is 16.9 Å². The zero-order valence-corrected chi connectivity index (χ0v) is 12.1. The third-order valence-corrected chi connectivity index (χ3v) is 4.84. The lowest BCUT2D eigenvalue weighted by atomic mass is 9.98. The number of alkyl halides is 3. The van der Waals surface area contributed by atoms with Crippen LogP contribution in [-0.4, -0.2) is 24.4 Å². The van der Waals surface area contributed by atoms with Gasteiger partial charge in [-0.1, -0.05) is 24.6 Å². The summed E-state index contributed by atoms with van der Waals surface area (Å²) in [5, 5.41) is 3.43. The Morgan fingerprint density at radius 1 is 1.30 bits per heavy atom. The van der Waals surface area contributed by atoms with Gasteiger partial charge in [0.2, 0.25) is 0 Å². The number of hydrogen-bond acceptors (Lipinski definition) is 3. The van der Waals surface area contributed by atoms with Gasteiger partial charge in [0.15, 0.2) is 0 Å². The first kappa shape index (κ1) is 15.5. The summed E-state index contributed by atoms with van der Waals surface area (Å²) in [6.07, 6.45) is -1.35. The number of halogens is 3. The fourth-order valence-electron chi connectivity index (χ4n) is 2.53. The normalized spacial score (nSPS) is 21.5. The molecule has 2 rings (SSSR count). The summed E-state index contributed by atoms with van der Waals surface area (Å²) in [5.41, 5.74) is 0.576. The molecule has 1 aromatic rings. The highest BCUT2D eigenvalue weighted by Crippen LogP contribution is 2.39. The van der Waals surface area contributed by atoms with E-state index >= 15 is 0 Å². The Kier molecular flexibility index (Phi) is 5.21. The molecule has 2 atom stereocenters. The van der Waals surface area contributed by atoms with Crippen molar-refractivity contribution >= 4 is 11.8 Å². The van der Waals surface area contributed by atoms with Gasteiger partial charge in [0.1, 0.15) is 5.75 Å². The first-order chi connectivity index (χ1) is 9.51. The highest BCUT2D eigenvalue weighted by atomic mass is 32.2. The van der Waals surface area contributed by atoms with Crippen LogP contribution in [0.3, 0.4) is 0 Å². The molecule has 112 valence electrons. The van der Waals surface area contributed by atoms with E-state index in [0.717, 1.165) is 18.6 Å². The van der Waals surface area contributed by atoms with Gasteiger partial charge >= 0.3 is 6.36 Å². The molecule has 1 heterocycles. The van der Waals surface area contributed by atoms with Crippen molar-refractivity contribution in [3.63, 3.8) is 0 Å². The average Bonchev–Trinajstić information content (AvgIpc) is 2.41. The second-order valence-electron chi connectivity index (χ2n) is 4.76. The van der Waals surface area contributed by atoms with Crippen molar-refractivity contribution < 1.29 is 17.9 Å². The molecule has 1 aliphatic rings. The number of para-hydroxylation sites is 1. The summed E-state index contributed by atoms with van der Waals surface area (Å²) < 4.78 is 41.6. The van der Waals surface area contributed by atoms with Crippen molar-refractivity contribution in [2.24, 2.45) is 0 Å². The van der Waals surface area contributed by atoms with Gasteiger partial charge < -0.3 is 10.1 Å². The standard InChI is InChI=1S/C14H18F3NOS/c1-18-13(12-8-4-5-9-20-12)10-6-2-3-7-11(10)19-14(15,16)17/h2-3,6-7,12-13,18H,4-5,8-9H2,1H3. The van der Waals surface area contributed by atoms with Gasteiger partial charge in [-0.3, -0.25) is 0 Å². The molecule has 2 nitrogen and oxygen atoms in total. The molecule has 0 bridgehead atoms. The van der Waals surface area contributed by atoms with Crippen molar-refractivity contribution in [2.45, 2.75) is 36.9 Å². The summed E-state index contributed by atoms with van der Waals surface area (Å²) in [4.78, 5) is 0. The number of ether oxygens (including phenoxy) is 1. The summed E-state index contributed by atoms with van der Waals surface area (Å²) in [6.45, 7) is 0. The van der Waals surface area contributed by atoms with Crippen LogP contribution in [0.15, 0.2) is 24.3 Å². The van der Waals surface area contributed by atoms with Crippen LogP contribution in [0, 0.1) is 0 Å². The minimum Gasteiger partial charge on any atom is -0.405 e. The lowest BCUT2D eigenvalue weighted by molar-refractivity contribution is -0.275. The molecule has 20 heavy (non-hydrogen) atoms. The van der Waals surface area contributed by atoms with Crippen LogP contribution in [0.2, 0.25) is 0 Å². The van der Waals surface area contributed by atoms with E-state index in [0.29, 0.717) is 5.56 Å². The summed E-state index contributed by atoms with van der Waals surface area (Å²) in [6, 6.07) is 6.26. The summed E-state index contributed by atoms with van der Waals surface area (Å²) in [7, 11) is 1.78. The Balaban J connectivity index is 2.24. The predicted octanol–water partition coefficient (Wildman–Crippen LogP) is 4.13. The van der Waals surface area contributed by atoms with E-state index in [-0.39, 0.29) is 17.0 Å². The van der Waals surface area contributed by atoms with Gasteiger partial charge in [-0.15, -0.1) is 13.2 Å². The number of thioether (sulfide) groups is 1. The first-order valence-corrected chi connectivity index (χ1v) is 7.69. The smallest absolute Gasteiger partial charge is 0.405 e. The fraction of sp³-hybridized carbons (Fsp3) is 0.571. The van der Waals surface area contributed by atoms with Crippen LogP contribution in [0.1, 0.15) is 30.9 Å². The van der Waals surface area contributed by atoms with Crippen LogP contribution < -0.4 is 10.1 Å². The minimum atomic E-state index is -4.66. The summed E-state index contributed by atoms with van der Waals surface area (Å²) >= 11 is 1.82. The van der Waals surface area contributed by atoms with Gasteiger partial charge in [0.05, 0.1) is 0 Å². The van der Waals surface area contributed by atoms with Crippen molar-refractivity contribution in [3.05, 3.63) is 29.8 Å². The maximum atomic E-state index is 12.5. The molecule has 0 spiro atoms. The zero-order chi connectivity index (χ0) is 14.6. The Labute approximate surface area is 121 Å². The van der Waals surface area contributed by atoms with Gasteiger partial charge in [-0.25, -0.2) is 0 Å². The number of nitrogens with one attached hydrogen (secondary N) is 1.